The van der Waals surface area contributed by atoms with Crippen molar-refractivity contribution in [2.45, 2.75) is 46.3 Å². The number of ether oxygens (including phenoxy) is 1. The number of fused-ring (bicyclic) bond motifs is 1. The first-order valence-corrected chi connectivity index (χ1v) is 10.00. The van der Waals surface area contributed by atoms with Crippen molar-refractivity contribution in [2.75, 3.05) is 23.0 Å². The molecule has 0 fully saturated rings. The van der Waals surface area contributed by atoms with Gasteiger partial charge < -0.3 is 9.64 Å². The Labute approximate surface area is 178 Å². The van der Waals surface area contributed by atoms with Crippen molar-refractivity contribution < 1.29 is 27.5 Å². The van der Waals surface area contributed by atoms with Crippen LogP contribution >= 0.6 is 0 Å². The molecular formula is C22H24F3N3O3. The second-order valence-corrected chi connectivity index (χ2v) is 7.39. The number of carbonyl (C=O) groups is 2. The van der Waals surface area contributed by atoms with E-state index in [1.165, 1.54) is 9.80 Å². The van der Waals surface area contributed by atoms with E-state index >= 15 is 0 Å². The molecule has 9 heteroatoms. The minimum atomic E-state index is -4.70. The molecule has 0 radical (unpaired) electrons. The molecule has 0 bridgehead atoms. The molecule has 1 aliphatic heterocycles. The van der Waals surface area contributed by atoms with Gasteiger partial charge in [0.1, 0.15) is 0 Å². The lowest BCUT2D eigenvalue weighted by atomic mass is 9.99. The second-order valence-electron chi connectivity index (χ2n) is 7.39. The first-order valence-electron chi connectivity index (χ1n) is 10.00. The van der Waals surface area contributed by atoms with Crippen molar-refractivity contribution in [3.05, 3.63) is 52.8 Å². The summed E-state index contributed by atoms with van der Waals surface area (Å²) < 4.78 is 45.8. The number of hydrogen-bond acceptors (Lipinski definition) is 4. The quantitative estimate of drug-likeness (QED) is 0.672. The zero-order valence-corrected chi connectivity index (χ0v) is 17.8. The van der Waals surface area contributed by atoms with Crippen LogP contribution in [0.4, 0.5) is 29.3 Å². The van der Waals surface area contributed by atoms with Crippen LogP contribution in [0, 0.1) is 13.8 Å². The number of pyridine rings is 1. The third-order valence-electron chi connectivity index (χ3n) is 5.44. The molecule has 1 atom stereocenters. The van der Waals surface area contributed by atoms with Gasteiger partial charge in [0, 0.05) is 18.9 Å². The van der Waals surface area contributed by atoms with Crippen LogP contribution in [0.25, 0.3) is 0 Å². The molecule has 1 aromatic heterocycles. The highest BCUT2D eigenvalue weighted by atomic mass is 19.4. The van der Waals surface area contributed by atoms with Crippen molar-refractivity contribution in [2.24, 2.45) is 0 Å². The van der Waals surface area contributed by atoms with E-state index in [1.807, 2.05) is 20.8 Å². The van der Waals surface area contributed by atoms with Crippen LogP contribution in [0.2, 0.25) is 0 Å². The topological polar surface area (TPSA) is 62.7 Å². The highest BCUT2D eigenvalue weighted by Crippen LogP contribution is 2.40. The summed E-state index contributed by atoms with van der Waals surface area (Å²) in [5.74, 6) is -0.813. The number of benzene rings is 1. The molecule has 166 valence electrons. The van der Waals surface area contributed by atoms with Gasteiger partial charge in [-0.2, -0.15) is 13.2 Å². The summed E-state index contributed by atoms with van der Waals surface area (Å²) in [5, 5.41) is 0. The highest BCUT2D eigenvalue weighted by molar-refractivity contribution is 6.11. The third kappa shape index (κ3) is 4.22. The van der Waals surface area contributed by atoms with E-state index in [-0.39, 0.29) is 13.2 Å². The maximum Gasteiger partial charge on any atom is 0.417 e. The van der Waals surface area contributed by atoms with Crippen molar-refractivity contribution in [3.63, 3.8) is 0 Å². The summed E-state index contributed by atoms with van der Waals surface area (Å²) in [5.41, 5.74) is 0.956. The smallest absolute Gasteiger partial charge is 0.417 e. The van der Waals surface area contributed by atoms with Crippen LogP contribution < -0.4 is 9.80 Å². The molecule has 1 aliphatic rings. The summed E-state index contributed by atoms with van der Waals surface area (Å²) in [6.45, 7) is 7.46. The molecule has 2 aromatic rings. The van der Waals surface area contributed by atoms with Crippen molar-refractivity contribution in [1.29, 1.82) is 0 Å². The van der Waals surface area contributed by atoms with Gasteiger partial charge in [0.25, 0.3) is 5.91 Å². The number of carbonyl (C=O) groups excluding carboxylic acids is 2. The molecule has 0 saturated heterocycles. The molecule has 0 aliphatic carbocycles. The molecule has 6 nitrogen and oxygen atoms in total. The van der Waals surface area contributed by atoms with Crippen LogP contribution in [0.15, 0.2) is 30.6 Å². The Morgan fingerprint density at radius 1 is 1.16 bits per heavy atom. The predicted molar refractivity (Wildman–Crippen MR) is 110 cm³/mol. The minimum absolute atomic E-state index is 0.0375. The summed E-state index contributed by atoms with van der Waals surface area (Å²) >= 11 is 0. The van der Waals surface area contributed by atoms with Gasteiger partial charge in [-0.25, -0.2) is 4.79 Å². The fraction of sp³-hybridized carbons (Fsp3) is 0.409. The van der Waals surface area contributed by atoms with E-state index in [1.54, 1.807) is 19.1 Å². The number of nitrogens with zero attached hydrogens (tertiary/aromatic N) is 3. The van der Waals surface area contributed by atoms with Crippen molar-refractivity contribution in [3.8, 4) is 0 Å². The number of amides is 2. The Morgan fingerprint density at radius 2 is 1.81 bits per heavy atom. The highest BCUT2D eigenvalue weighted by Gasteiger charge is 2.41. The predicted octanol–water partition coefficient (Wildman–Crippen LogP) is 5.12. The Kier molecular flexibility index (Phi) is 6.24. The Bertz CT molecular complexity index is 1010. The lowest BCUT2D eigenvalue weighted by Crippen LogP contribution is -2.53. The number of aryl methyl sites for hydroxylation is 2. The molecule has 31 heavy (non-hydrogen) atoms. The van der Waals surface area contributed by atoms with Crippen LogP contribution in [0.5, 0.6) is 0 Å². The standard InChI is InChI=1S/C22H24F3N3O3/c1-5-15-12-27(20(29)16-11-26-8-7-17(16)22(23,24)25)18-9-13(3)14(4)10-19(18)28(15)21(30)31-6-2/h7-11,15H,5-6,12H2,1-4H3. The van der Waals surface area contributed by atoms with E-state index in [9.17, 15) is 22.8 Å². The molecular weight excluding hydrogens is 411 g/mol. The molecule has 3 rings (SSSR count). The van der Waals surface area contributed by atoms with E-state index in [2.05, 4.69) is 4.98 Å². The van der Waals surface area contributed by atoms with Gasteiger partial charge in [-0.05, 0) is 56.5 Å². The lowest BCUT2D eigenvalue weighted by Gasteiger charge is -2.42. The van der Waals surface area contributed by atoms with Crippen molar-refractivity contribution >= 4 is 23.4 Å². The summed E-state index contributed by atoms with van der Waals surface area (Å²) in [4.78, 5) is 32.6. The average Bonchev–Trinajstić information content (AvgIpc) is 2.72. The maximum atomic E-state index is 13.5. The van der Waals surface area contributed by atoms with E-state index in [0.29, 0.717) is 17.8 Å². The van der Waals surface area contributed by atoms with Gasteiger partial charge in [0.05, 0.1) is 35.2 Å². The van der Waals surface area contributed by atoms with Gasteiger partial charge >= 0.3 is 12.3 Å². The van der Waals surface area contributed by atoms with Crippen molar-refractivity contribution in [1.82, 2.24) is 4.98 Å². The Balaban J connectivity index is 2.17. The number of halogens is 3. The van der Waals surface area contributed by atoms with Crippen LogP contribution in [0.3, 0.4) is 0 Å². The fourth-order valence-corrected chi connectivity index (χ4v) is 3.68. The molecule has 2 heterocycles. The average molecular weight is 435 g/mol. The van der Waals surface area contributed by atoms with Gasteiger partial charge in [0.15, 0.2) is 0 Å². The zero-order valence-electron chi connectivity index (χ0n) is 17.8. The number of hydrogen-bond donors (Lipinski definition) is 0. The van der Waals surface area contributed by atoms with Gasteiger partial charge in [-0.15, -0.1) is 0 Å². The van der Waals surface area contributed by atoms with E-state index in [4.69, 9.17) is 4.74 Å². The summed E-state index contributed by atoms with van der Waals surface area (Å²) in [6, 6.07) is 3.81. The normalized spacial score (nSPS) is 16.2. The molecule has 0 spiro atoms. The molecule has 2 amide bonds. The number of aromatic nitrogens is 1. The second kappa shape index (κ2) is 8.56. The number of alkyl halides is 3. The van der Waals surface area contributed by atoms with Crippen LogP contribution in [-0.2, 0) is 10.9 Å². The third-order valence-corrected chi connectivity index (χ3v) is 5.44. The van der Waals surface area contributed by atoms with Crippen LogP contribution in [0.1, 0.15) is 47.3 Å². The Hall–Kier alpha value is -3.10. The van der Waals surface area contributed by atoms with Gasteiger partial charge in [0.2, 0.25) is 0 Å². The Morgan fingerprint density at radius 3 is 2.39 bits per heavy atom. The maximum absolute atomic E-state index is 13.5. The monoisotopic (exact) mass is 435 g/mol. The number of rotatable bonds is 3. The van der Waals surface area contributed by atoms with Gasteiger partial charge in [-0.1, -0.05) is 6.92 Å². The molecule has 0 saturated carbocycles. The first-order chi connectivity index (χ1) is 14.6. The zero-order chi connectivity index (χ0) is 22.9. The SMILES string of the molecule is CCOC(=O)N1c2cc(C)c(C)cc2N(C(=O)c2cnccc2C(F)(F)F)CC1CC. The lowest BCUT2D eigenvalue weighted by molar-refractivity contribution is -0.138. The van der Waals surface area contributed by atoms with Gasteiger partial charge in [-0.3, -0.25) is 14.7 Å². The molecule has 1 unspecified atom stereocenters. The molecule has 1 aromatic carbocycles. The summed E-state index contributed by atoms with van der Waals surface area (Å²) in [7, 11) is 0. The first kappa shape index (κ1) is 22.6. The summed E-state index contributed by atoms with van der Waals surface area (Å²) in [6.07, 6.45) is -2.83. The fourth-order valence-electron chi connectivity index (χ4n) is 3.68. The molecule has 0 N–H and O–H groups in total. The van der Waals surface area contributed by atoms with E-state index < -0.39 is 35.3 Å². The largest absolute Gasteiger partial charge is 0.449 e. The minimum Gasteiger partial charge on any atom is -0.449 e. The van der Waals surface area contributed by atoms with Crippen LogP contribution in [-0.4, -0.2) is 36.2 Å². The van der Waals surface area contributed by atoms with E-state index in [0.717, 1.165) is 29.6 Å². The number of anilines is 2.